The lowest BCUT2D eigenvalue weighted by atomic mass is 10.2. The number of nitrogens with zero attached hydrogens (tertiary/aromatic N) is 1. The summed E-state index contributed by atoms with van der Waals surface area (Å²) in [5, 5.41) is 9.01. The van der Waals surface area contributed by atoms with Crippen molar-refractivity contribution in [3.63, 3.8) is 0 Å². The van der Waals surface area contributed by atoms with E-state index in [0.717, 1.165) is 28.3 Å². The van der Waals surface area contributed by atoms with Crippen molar-refractivity contribution in [1.29, 1.82) is 0 Å². The lowest BCUT2D eigenvalue weighted by Gasteiger charge is -2.12. The number of phenolic OH excluding ortho intramolecular Hbond substituents is 1. The van der Waals surface area contributed by atoms with Crippen molar-refractivity contribution in [3.05, 3.63) is 70.4 Å². The van der Waals surface area contributed by atoms with Crippen LogP contribution >= 0.6 is 11.8 Å². The monoisotopic (exact) mass is 329 g/mol. The molecule has 2 aromatic rings. The van der Waals surface area contributed by atoms with Crippen LogP contribution in [0.15, 0.2) is 53.4 Å². The normalized spacial score (nSPS) is 16.4. The van der Waals surface area contributed by atoms with Crippen LogP contribution in [0.25, 0.3) is 6.08 Å². The fourth-order valence-corrected chi connectivity index (χ4v) is 3.01. The molecule has 0 atom stereocenters. The number of rotatable bonds is 3. The van der Waals surface area contributed by atoms with Crippen molar-refractivity contribution in [2.75, 3.05) is 0 Å². The molecule has 2 amide bonds. The third-order valence-corrected chi connectivity index (χ3v) is 4.23. The van der Waals surface area contributed by atoms with Gasteiger partial charge in [-0.05, 0) is 41.1 Å². The Bertz CT molecular complexity index is 805. The third kappa shape index (κ3) is 3.27. The SMILES string of the molecule is O=C1S/C(=C\c2ccc(F)c(O)c2)C(=O)N1Cc1ccccc1. The maximum Gasteiger partial charge on any atom is 0.293 e. The fourth-order valence-electron chi connectivity index (χ4n) is 2.17. The molecule has 0 unspecified atom stereocenters. The zero-order valence-corrected chi connectivity index (χ0v) is 12.7. The molecule has 0 saturated carbocycles. The molecule has 0 aliphatic carbocycles. The Labute approximate surface area is 136 Å². The van der Waals surface area contributed by atoms with Crippen molar-refractivity contribution in [1.82, 2.24) is 4.90 Å². The summed E-state index contributed by atoms with van der Waals surface area (Å²) in [6.07, 6.45) is 1.47. The summed E-state index contributed by atoms with van der Waals surface area (Å²) in [7, 11) is 0. The quantitative estimate of drug-likeness (QED) is 0.871. The molecule has 0 radical (unpaired) electrons. The van der Waals surface area contributed by atoms with Gasteiger partial charge in [0.1, 0.15) is 0 Å². The number of carbonyl (C=O) groups excluding carboxylic acids is 2. The number of aromatic hydroxyl groups is 1. The van der Waals surface area contributed by atoms with E-state index in [1.807, 2.05) is 30.3 Å². The maximum atomic E-state index is 13.1. The Morgan fingerprint density at radius 1 is 1.13 bits per heavy atom. The summed E-state index contributed by atoms with van der Waals surface area (Å²) in [4.78, 5) is 25.8. The molecule has 2 aromatic carbocycles. The Morgan fingerprint density at radius 2 is 1.87 bits per heavy atom. The summed E-state index contributed by atoms with van der Waals surface area (Å²) in [5.41, 5.74) is 1.31. The van der Waals surface area contributed by atoms with E-state index in [2.05, 4.69) is 0 Å². The molecular weight excluding hydrogens is 317 g/mol. The van der Waals surface area contributed by atoms with Crippen LogP contribution < -0.4 is 0 Å². The van der Waals surface area contributed by atoms with E-state index in [1.165, 1.54) is 18.2 Å². The minimum atomic E-state index is -0.737. The first-order valence-corrected chi connectivity index (χ1v) is 7.64. The number of thioether (sulfide) groups is 1. The largest absolute Gasteiger partial charge is 0.505 e. The number of phenols is 1. The highest BCUT2D eigenvalue weighted by atomic mass is 32.2. The first kappa shape index (κ1) is 15.3. The Kier molecular flexibility index (Phi) is 4.16. The van der Waals surface area contributed by atoms with Gasteiger partial charge in [0.25, 0.3) is 11.1 Å². The molecule has 1 saturated heterocycles. The standard InChI is InChI=1S/C17H12FNO3S/c18-13-7-6-12(8-14(13)20)9-15-16(21)19(17(22)23-15)10-11-4-2-1-3-5-11/h1-9,20H,10H2/b15-9-. The van der Waals surface area contributed by atoms with Crippen LogP contribution in [0, 0.1) is 5.82 Å². The predicted molar refractivity (Wildman–Crippen MR) is 86.0 cm³/mol. The van der Waals surface area contributed by atoms with Crippen molar-refractivity contribution in [2.24, 2.45) is 0 Å². The van der Waals surface area contributed by atoms with Gasteiger partial charge in [-0.1, -0.05) is 36.4 Å². The number of amides is 2. The van der Waals surface area contributed by atoms with E-state index in [0.29, 0.717) is 5.56 Å². The van der Waals surface area contributed by atoms with Gasteiger partial charge in [-0.15, -0.1) is 0 Å². The lowest BCUT2D eigenvalue weighted by molar-refractivity contribution is -0.123. The summed E-state index contributed by atoms with van der Waals surface area (Å²) >= 11 is 0.829. The zero-order chi connectivity index (χ0) is 16.4. The summed E-state index contributed by atoms with van der Waals surface area (Å²) in [5.74, 6) is -1.63. The number of carbonyl (C=O) groups is 2. The van der Waals surface area contributed by atoms with E-state index in [9.17, 15) is 19.1 Å². The van der Waals surface area contributed by atoms with Crippen molar-refractivity contribution in [3.8, 4) is 5.75 Å². The second-order valence-corrected chi connectivity index (χ2v) is 5.96. The molecule has 0 spiro atoms. The van der Waals surface area contributed by atoms with E-state index in [1.54, 1.807) is 0 Å². The second-order valence-electron chi connectivity index (χ2n) is 4.96. The molecule has 1 N–H and O–H groups in total. The summed E-state index contributed by atoms with van der Waals surface area (Å²) in [6, 6.07) is 13.0. The lowest BCUT2D eigenvalue weighted by Crippen LogP contribution is -2.27. The van der Waals surface area contributed by atoms with Crippen molar-refractivity contribution < 1.29 is 19.1 Å². The van der Waals surface area contributed by atoms with Crippen LogP contribution in [0.4, 0.5) is 9.18 Å². The minimum absolute atomic E-state index is 0.206. The molecule has 0 aromatic heterocycles. The molecule has 23 heavy (non-hydrogen) atoms. The van der Waals surface area contributed by atoms with E-state index >= 15 is 0 Å². The fraction of sp³-hybridized carbons (Fsp3) is 0.0588. The van der Waals surface area contributed by atoms with Gasteiger partial charge >= 0.3 is 0 Å². The number of hydrogen-bond acceptors (Lipinski definition) is 4. The second kappa shape index (κ2) is 6.26. The van der Waals surface area contributed by atoms with Crippen molar-refractivity contribution in [2.45, 2.75) is 6.54 Å². The number of halogens is 1. The van der Waals surface area contributed by atoms with Gasteiger partial charge < -0.3 is 5.11 Å². The van der Waals surface area contributed by atoms with Gasteiger partial charge in [-0.2, -0.15) is 0 Å². The molecule has 1 fully saturated rings. The average molecular weight is 329 g/mol. The number of imide groups is 1. The highest BCUT2D eigenvalue weighted by Crippen LogP contribution is 2.33. The van der Waals surface area contributed by atoms with Crippen LogP contribution in [-0.2, 0) is 11.3 Å². The van der Waals surface area contributed by atoms with Gasteiger partial charge in [0, 0.05) is 0 Å². The van der Waals surface area contributed by atoms with Gasteiger partial charge in [-0.25, -0.2) is 4.39 Å². The Morgan fingerprint density at radius 3 is 2.57 bits per heavy atom. The first-order chi connectivity index (χ1) is 11.0. The number of benzene rings is 2. The van der Waals surface area contributed by atoms with E-state index in [-0.39, 0.29) is 16.7 Å². The first-order valence-electron chi connectivity index (χ1n) is 6.82. The van der Waals surface area contributed by atoms with Crippen LogP contribution in [0.2, 0.25) is 0 Å². The van der Waals surface area contributed by atoms with E-state index < -0.39 is 17.5 Å². The van der Waals surface area contributed by atoms with Gasteiger partial charge in [0.05, 0.1) is 11.4 Å². The average Bonchev–Trinajstić information content (AvgIpc) is 2.80. The molecular formula is C17H12FNO3S. The molecule has 0 bridgehead atoms. The summed E-state index contributed by atoms with van der Waals surface area (Å²) in [6.45, 7) is 0.206. The summed E-state index contributed by atoms with van der Waals surface area (Å²) < 4.78 is 13.1. The smallest absolute Gasteiger partial charge is 0.293 e. The molecule has 4 nitrogen and oxygen atoms in total. The van der Waals surface area contributed by atoms with Crippen LogP contribution in [0.5, 0.6) is 5.75 Å². The minimum Gasteiger partial charge on any atom is -0.505 e. The molecule has 116 valence electrons. The van der Waals surface area contributed by atoms with Gasteiger partial charge in [0.2, 0.25) is 0 Å². The number of hydrogen-bond donors (Lipinski definition) is 1. The molecule has 3 rings (SSSR count). The van der Waals surface area contributed by atoms with Gasteiger partial charge in [-0.3, -0.25) is 14.5 Å². The Hall–Kier alpha value is -2.60. The third-order valence-electron chi connectivity index (χ3n) is 3.33. The predicted octanol–water partition coefficient (Wildman–Crippen LogP) is 3.77. The molecule has 1 aliphatic heterocycles. The Balaban J connectivity index is 1.83. The highest BCUT2D eigenvalue weighted by Gasteiger charge is 2.34. The topological polar surface area (TPSA) is 57.6 Å². The molecule has 1 aliphatic rings. The molecule has 1 heterocycles. The zero-order valence-electron chi connectivity index (χ0n) is 11.9. The van der Waals surface area contributed by atoms with Crippen molar-refractivity contribution >= 4 is 29.0 Å². The van der Waals surface area contributed by atoms with Crippen LogP contribution in [0.1, 0.15) is 11.1 Å². The van der Waals surface area contributed by atoms with Crippen LogP contribution in [0.3, 0.4) is 0 Å². The van der Waals surface area contributed by atoms with Gasteiger partial charge in [0.15, 0.2) is 11.6 Å². The van der Waals surface area contributed by atoms with E-state index in [4.69, 9.17) is 0 Å². The maximum absolute atomic E-state index is 13.1. The molecule has 6 heteroatoms. The highest BCUT2D eigenvalue weighted by molar-refractivity contribution is 8.18. The van der Waals surface area contributed by atoms with Crippen LogP contribution in [-0.4, -0.2) is 21.2 Å².